The molecule has 0 spiro atoms. The van der Waals surface area contributed by atoms with Crippen LogP contribution in [0.15, 0.2) is 42.7 Å². The Morgan fingerprint density at radius 3 is 2.68 bits per heavy atom. The van der Waals surface area contributed by atoms with Crippen molar-refractivity contribution in [3.05, 3.63) is 65.0 Å². The smallest absolute Gasteiger partial charge is 0.372 e. The Morgan fingerprint density at radius 1 is 1.13 bits per heavy atom. The fraction of sp³-hybridized carbons (Fsp3) is 0.480. The normalized spacial score (nSPS) is 17.3. The Balaban J connectivity index is 1.74. The summed E-state index contributed by atoms with van der Waals surface area (Å²) >= 11 is 0. The van der Waals surface area contributed by atoms with Crippen LogP contribution in [0, 0.1) is 0 Å². The fourth-order valence-corrected chi connectivity index (χ4v) is 4.08. The highest BCUT2D eigenvalue weighted by Gasteiger charge is 2.44. The van der Waals surface area contributed by atoms with E-state index in [0.29, 0.717) is 23.3 Å². The Labute approximate surface area is 184 Å². The number of hydrogen-bond acceptors (Lipinski definition) is 4. The first-order valence-electron chi connectivity index (χ1n) is 11.3. The first kappa shape index (κ1) is 22.9. The Bertz CT molecular complexity index is 927. The van der Waals surface area contributed by atoms with Gasteiger partial charge in [0.05, 0.1) is 6.61 Å². The van der Waals surface area contributed by atoms with Crippen LogP contribution >= 0.6 is 0 Å². The average molecular weight is 426 g/mol. The van der Waals surface area contributed by atoms with Gasteiger partial charge in [-0.2, -0.15) is 4.57 Å². The zero-order valence-electron chi connectivity index (χ0n) is 18.5. The van der Waals surface area contributed by atoms with Gasteiger partial charge in [0, 0.05) is 17.2 Å². The number of benzene rings is 1. The number of unbranched alkanes of at least 4 members (excludes halogenated alkanes) is 5. The van der Waals surface area contributed by atoms with E-state index in [1.807, 2.05) is 18.2 Å². The van der Waals surface area contributed by atoms with E-state index in [1.54, 1.807) is 30.0 Å². The van der Waals surface area contributed by atoms with E-state index in [9.17, 15) is 14.7 Å². The van der Waals surface area contributed by atoms with Gasteiger partial charge in [-0.05, 0) is 25.3 Å². The summed E-state index contributed by atoms with van der Waals surface area (Å²) in [4.78, 5) is 24.3. The molecule has 0 saturated carbocycles. The number of esters is 1. The first-order chi connectivity index (χ1) is 15.0. The molecule has 1 aliphatic heterocycles. The van der Waals surface area contributed by atoms with Crippen LogP contribution in [0.5, 0.6) is 0 Å². The first-order valence-corrected chi connectivity index (χ1v) is 11.3. The lowest BCUT2D eigenvalue weighted by atomic mass is 9.93. The highest BCUT2D eigenvalue weighted by atomic mass is 16.5. The van der Waals surface area contributed by atoms with E-state index in [0.717, 1.165) is 18.4 Å². The van der Waals surface area contributed by atoms with Crippen LogP contribution in [-0.2, 0) is 28.2 Å². The van der Waals surface area contributed by atoms with Crippen molar-refractivity contribution in [3.63, 3.8) is 0 Å². The number of amides is 1. The maximum absolute atomic E-state index is 12.6. The predicted molar refractivity (Wildman–Crippen MR) is 117 cm³/mol. The lowest BCUT2D eigenvalue weighted by Gasteiger charge is -2.24. The second kappa shape index (κ2) is 10.5. The number of ether oxygens (including phenoxy) is 1. The van der Waals surface area contributed by atoms with Crippen molar-refractivity contribution >= 4 is 11.9 Å². The summed E-state index contributed by atoms with van der Waals surface area (Å²) in [5.74, 6) is -0.736. The molecule has 2 N–H and O–H groups in total. The zero-order valence-corrected chi connectivity index (χ0v) is 18.5. The SMILES string of the molecule is CCCCCCCCc1cccc(C2(O)NC(=O)c3c[n+](CC(=O)OCC)ccc32)c1. The minimum atomic E-state index is -1.58. The summed E-state index contributed by atoms with van der Waals surface area (Å²) in [7, 11) is 0. The molecule has 0 aliphatic carbocycles. The minimum Gasteiger partial charge on any atom is -0.461 e. The van der Waals surface area contributed by atoms with Crippen molar-refractivity contribution < 1.29 is 24.0 Å². The number of rotatable bonds is 11. The van der Waals surface area contributed by atoms with Crippen molar-refractivity contribution in [3.8, 4) is 0 Å². The number of nitrogens with one attached hydrogen (secondary N) is 1. The van der Waals surface area contributed by atoms with Gasteiger partial charge in [-0.25, -0.2) is 4.79 Å². The van der Waals surface area contributed by atoms with Gasteiger partial charge in [0.15, 0.2) is 18.1 Å². The lowest BCUT2D eigenvalue weighted by molar-refractivity contribution is -0.686. The lowest BCUT2D eigenvalue weighted by Crippen LogP contribution is -2.40. The number of carbonyl (C=O) groups excluding carboxylic acids is 2. The molecule has 0 saturated heterocycles. The second-order valence-corrected chi connectivity index (χ2v) is 8.13. The Hall–Kier alpha value is -2.73. The summed E-state index contributed by atoms with van der Waals surface area (Å²) in [5.41, 5.74) is 1.07. The van der Waals surface area contributed by atoms with E-state index in [2.05, 4.69) is 18.3 Å². The fourth-order valence-electron chi connectivity index (χ4n) is 4.08. The second-order valence-electron chi connectivity index (χ2n) is 8.13. The van der Waals surface area contributed by atoms with Gasteiger partial charge in [0.2, 0.25) is 6.54 Å². The highest BCUT2D eigenvalue weighted by Crippen LogP contribution is 2.34. The monoisotopic (exact) mass is 425 g/mol. The molecule has 1 amide bonds. The summed E-state index contributed by atoms with van der Waals surface area (Å²) in [6.07, 6.45) is 11.6. The van der Waals surface area contributed by atoms with Gasteiger partial charge in [0.25, 0.3) is 5.91 Å². The topological polar surface area (TPSA) is 79.5 Å². The molecule has 1 aromatic heterocycles. The number of carbonyl (C=O) groups is 2. The number of aryl methyl sites for hydroxylation is 1. The van der Waals surface area contributed by atoms with Crippen LogP contribution in [0.4, 0.5) is 0 Å². The largest absolute Gasteiger partial charge is 0.461 e. The van der Waals surface area contributed by atoms with Gasteiger partial charge in [-0.3, -0.25) is 4.79 Å². The van der Waals surface area contributed by atoms with Gasteiger partial charge in [0.1, 0.15) is 5.56 Å². The third-order valence-corrected chi connectivity index (χ3v) is 5.73. The van der Waals surface area contributed by atoms with E-state index in [4.69, 9.17) is 4.74 Å². The molecule has 0 bridgehead atoms. The Kier molecular flexibility index (Phi) is 7.80. The molecule has 0 radical (unpaired) electrons. The molecule has 3 rings (SSSR count). The molecule has 0 fully saturated rings. The molecule has 2 heterocycles. The van der Waals surface area contributed by atoms with Gasteiger partial charge >= 0.3 is 5.97 Å². The van der Waals surface area contributed by atoms with Crippen LogP contribution in [-0.4, -0.2) is 23.6 Å². The summed E-state index contributed by atoms with van der Waals surface area (Å²) in [6, 6.07) is 9.48. The quantitative estimate of drug-likeness (QED) is 0.329. The Morgan fingerprint density at radius 2 is 1.90 bits per heavy atom. The molecule has 6 nitrogen and oxygen atoms in total. The third-order valence-electron chi connectivity index (χ3n) is 5.73. The number of aliphatic hydroxyl groups is 1. The summed E-state index contributed by atoms with van der Waals surface area (Å²) < 4.78 is 6.56. The average Bonchev–Trinajstić information content (AvgIpc) is 3.02. The maximum atomic E-state index is 12.6. The molecular weight excluding hydrogens is 392 g/mol. The summed E-state index contributed by atoms with van der Waals surface area (Å²) in [6.45, 7) is 4.29. The van der Waals surface area contributed by atoms with E-state index in [-0.39, 0.29) is 18.4 Å². The number of fused-ring (bicyclic) bond motifs is 1. The zero-order chi connectivity index (χ0) is 22.3. The number of pyridine rings is 1. The van der Waals surface area contributed by atoms with Crippen molar-refractivity contribution in [1.29, 1.82) is 0 Å². The third kappa shape index (κ3) is 5.50. The van der Waals surface area contributed by atoms with E-state index < -0.39 is 5.72 Å². The molecular formula is C25H33N2O4+. The van der Waals surface area contributed by atoms with Gasteiger partial charge in [-0.15, -0.1) is 0 Å². The van der Waals surface area contributed by atoms with Crippen LogP contribution in [0.1, 0.15) is 79.4 Å². The standard InChI is InChI=1S/C25H32N2O4/c1-3-5-6-7-8-9-11-19-12-10-13-20(16-19)25(30)22-14-15-27(18-23(28)31-4-2)17-21(22)24(29)26-25/h10,12-17,30H,3-9,11,18H2,1-2H3/p+1. The molecule has 1 unspecified atom stereocenters. The van der Waals surface area contributed by atoms with Crippen molar-refractivity contribution in [1.82, 2.24) is 5.32 Å². The number of nitrogens with zero attached hydrogens (tertiary/aromatic N) is 1. The molecule has 31 heavy (non-hydrogen) atoms. The highest BCUT2D eigenvalue weighted by molar-refractivity contribution is 5.99. The number of aromatic nitrogens is 1. The molecule has 1 aliphatic rings. The minimum absolute atomic E-state index is 0.0145. The molecule has 1 aromatic carbocycles. The van der Waals surface area contributed by atoms with Gasteiger partial charge in [-0.1, -0.05) is 63.3 Å². The maximum Gasteiger partial charge on any atom is 0.372 e. The molecule has 166 valence electrons. The molecule has 6 heteroatoms. The van der Waals surface area contributed by atoms with Gasteiger partial charge < -0.3 is 15.2 Å². The predicted octanol–water partition coefficient (Wildman–Crippen LogP) is 3.38. The van der Waals surface area contributed by atoms with E-state index in [1.165, 1.54) is 32.1 Å². The van der Waals surface area contributed by atoms with Crippen LogP contribution in [0.2, 0.25) is 0 Å². The number of hydrogen-bond donors (Lipinski definition) is 2. The summed E-state index contributed by atoms with van der Waals surface area (Å²) in [5, 5.41) is 14.1. The van der Waals surface area contributed by atoms with Crippen molar-refractivity contribution in [2.75, 3.05) is 6.61 Å². The molecule has 1 atom stereocenters. The van der Waals surface area contributed by atoms with Crippen molar-refractivity contribution in [2.45, 2.75) is 71.1 Å². The van der Waals surface area contributed by atoms with Crippen molar-refractivity contribution in [2.24, 2.45) is 0 Å². The van der Waals surface area contributed by atoms with Crippen LogP contribution in [0.3, 0.4) is 0 Å². The van der Waals surface area contributed by atoms with E-state index >= 15 is 0 Å². The molecule has 2 aromatic rings. The van der Waals surface area contributed by atoms with Crippen LogP contribution in [0.25, 0.3) is 0 Å². The van der Waals surface area contributed by atoms with Crippen LogP contribution < -0.4 is 9.88 Å².